The lowest BCUT2D eigenvalue weighted by Crippen LogP contribution is -2.51. The minimum atomic E-state index is -3.54. The molecule has 6 nitrogen and oxygen atoms in total. The van der Waals surface area contributed by atoms with Crippen molar-refractivity contribution < 1.29 is 13.2 Å². The number of para-hydroxylation sites is 1. The Labute approximate surface area is 170 Å². The van der Waals surface area contributed by atoms with E-state index in [0.29, 0.717) is 12.1 Å². The Kier molecular flexibility index (Phi) is 5.10. The van der Waals surface area contributed by atoms with Gasteiger partial charge in [0.25, 0.3) is 0 Å². The van der Waals surface area contributed by atoms with Crippen LogP contribution in [-0.2, 0) is 27.8 Å². The Bertz CT molecular complexity index is 1190. The van der Waals surface area contributed by atoms with Gasteiger partial charge in [-0.3, -0.25) is 9.78 Å². The van der Waals surface area contributed by atoms with Crippen molar-refractivity contribution in [1.29, 1.82) is 0 Å². The maximum Gasteiger partial charge on any atom is 0.243 e. The summed E-state index contributed by atoms with van der Waals surface area (Å²) in [7, 11) is -3.54. The molecule has 1 aliphatic rings. The topological polar surface area (TPSA) is 79.4 Å². The van der Waals surface area contributed by atoms with Gasteiger partial charge in [-0.15, -0.1) is 0 Å². The first kappa shape index (κ1) is 19.5. The summed E-state index contributed by atoms with van der Waals surface area (Å²) in [5, 5.41) is 3.79. The third-order valence-corrected chi connectivity index (χ3v) is 7.16. The van der Waals surface area contributed by atoms with Gasteiger partial charge in [0, 0.05) is 17.6 Å². The van der Waals surface area contributed by atoms with Gasteiger partial charge in [0.15, 0.2) is 0 Å². The van der Waals surface area contributed by atoms with Gasteiger partial charge >= 0.3 is 0 Å². The van der Waals surface area contributed by atoms with E-state index >= 15 is 0 Å². The highest BCUT2D eigenvalue weighted by molar-refractivity contribution is 7.89. The third kappa shape index (κ3) is 3.75. The zero-order valence-electron chi connectivity index (χ0n) is 16.4. The second kappa shape index (κ2) is 7.57. The lowest BCUT2D eigenvalue weighted by atomic mass is 9.95. The Balaban J connectivity index is 1.72. The van der Waals surface area contributed by atoms with Crippen molar-refractivity contribution in [3.8, 4) is 0 Å². The molecule has 150 valence electrons. The highest BCUT2D eigenvalue weighted by atomic mass is 32.2. The van der Waals surface area contributed by atoms with E-state index in [9.17, 15) is 13.2 Å². The predicted octanol–water partition coefficient (Wildman–Crippen LogP) is 3.26. The molecule has 1 atom stereocenters. The number of amides is 1. The molecule has 0 saturated heterocycles. The van der Waals surface area contributed by atoms with Crippen molar-refractivity contribution in [2.75, 3.05) is 11.1 Å². The predicted molar refractivity (Wildman–Crippen MR) is 114 cm³/mol. The summed E-state index contributed by atoms with van der Waals surface area (Å²) in [5.74, 6) is -0.372. The number of benzene rings is 2. The number of anilines is 1. The molecule has 29 heavy (non-hydrogen) atoms. The fourth-order valence-electron chi connectivity index (χ4n) is 3.81. The molecule has 0 saturated carbocycles. The highest BCUT2D eigenvalue weighted by Crippen LogP contribution is 2.28. The molecular weight excluding hydrogens is 386 g/mol. The number of hydrogen-bond acceptors (Lipinski definition) is 4. The van der Waals surface area contributed by atoms with Crippen molar-refractivity contribution in [2.45, 2.75) is 32.9 Å². The van der Waals surface area contributed by atoms with Crippen LogP contribution in [0.4, 0.5) is 5.69 Å². The fourth-order valence-corrected chi connectivity index (χ4v) is 5.03. The summed E-state index contributed by atoms with van der Waals surface area (Å²) >= 11 is 0. The summed E-state index contributed by atoms with van der Waals surface area (Å²) in [4.78, 5) is 17.8. The van der Waals surface area contributed by atoms with E-state index in [-0.39, 0.29) is 18.2 Å². The van der Waals surface area contributed by atoms with Gasteiger partial charge in [0.05, 0.1) is 17.0 Å². The molecule has 0 unspecified atom stereocenters. The number of aromatic nitrogens is 1. The number of nitrogens with one attached hydrogen (secondary N) is 1. The molecule has 0 aliphatic carbocycles. The maximum atomic E-state index is 13.3. The molecule has 1 N–H and O–H groups in total. The number of carbonyl (C=O) groups is 1. The zero-order valence-corrected chi connectivity index (χ0v) is 17.2. The largest absolute Gasteiger partial charge is 0.324 e. The van der Waals surface area contributed by atoms with E-state index in [1.165, 1.54) is 4.31 Å². The van der Waals surface area contributed by atoms with Gasteiger partial charge in [0.1, 0.15) is 6.04 Å². The van der Waals surface area contributed by atoms with E-state index in [4.69, 9.17) is 0 Å². The monoisotopic (exact) mass is 409 g/mol. The van der Waals surface area contributed by atoms with Crippen LogP contribution in [0.1, 0.15) is 23.7 Å². The molecule has 0 bridgehead atoms. The number of carbonyl (C=O) groups excluding carboxylic acids is 1. The minimum Gasteiger partial charge on any atom is -0.324 e. The normalized spacial score (nSPS) is 17.1. The van der Waals surface area contributed by atoms with Crippen LogP contribution in [0.5, 0.6) is 0 Å². The van der Waals surface area contributed by atoms with Gasteiger partial charge in [-0.2, -0.15) is 4.31 Å². The Hall–Kier alpha value is -2.77. The quantitative estimate of drug-likeness (QED) is 0.717. The number of fused-ring (bicyclic) bond motifs is 2. The molecular formula is C22H23N3O3S. The van der Waals surface area contributed by atoms with E-state index in [2.05, 4.69) is 10.3 Å². The number of nitrogens with zero attached hydrogens (tertiary/aromatic N) is 2. The number of hydrogen-bond donors (Lipinski definition) is 1. The molecule has 0 spiro atoms. The zero-order chi connectivity index (χ0) is 20.6. The second-order valence-corrected chi connectivity index (χ2v) is 9.46. The standard InChI is InChI=1S/C22H23N3O3S/c1-3-29(27,28)25-14-17-9-5-4-8-16(17)13-21(25)22(26)24-20-12-15(2)23-19-11-7-6-10-18(19)20/h4-12,21H,3,13-14H2,1-2H3,(H,23,24,26)/t21-/m1/s1. The van der Waals surface area contributed by atoms with E-state index in [1.54, 1.807) is 6.92 Å². The van der Waals surface area contributed by atoms with Crippen LogP contribution >= 0.6 is 0 Å². The van der Waals surface area contributed by atoms with Crippen LogP contribution in [0.2, 0.25) is 0 Å². The molecule has 0 radical (unpaired) electrons. The molecule has 7 heteroatoms. The summed E-state index contributed by atoms with van der Waals surface area (Å²) in [6.07, 6.45) is 0.350. The van der Waals surface area contributed by atoms with Crippen molar-refractivity contribution in [3.05, 3.63) is 71.4 Å². The lowest BCUT2D eigenvalue weighted by molar-refractivity contribution is -0.120. The van der Waals surface area contributed by atoms with Gasteiger partial charge in [-0.05, 0) is 43.5 Å². The summed E-state index contributed by atoms with van der Waals surface area (Å²) in [6, 6.07) is 16.3. The smallest absolute Gasteiger partial charge is 0.243 e. The third-order valence-electron chi connectivity index (χ3n) is 5.33. The van der Waals surface area contributed by atoms with Crippen LogP contribution in [-0.4, -0.2) is 35.4 Å². The molecule has 4 rings (SSSR count). The van der Waals surface area contributed by atoms with Crippen molar-refractivity contribution in [3.63, 3.8) is 0 Å². The van der Waals surface area contributed by atoms with Crippen molar-refractivity contribution in [1.82, 2.24) is 9.29 Å². The molecule has 3 aromatic rings. The number of pyridine rings is 1. The van der Waals surface area contributed by atoms with Gasteiger partial charge < -0.3 is 5.32 Å². The van der Waals surface area contributed by atoms with Crippen molar-refractivity contribution >= 4 is 32.5 Å². The van der Waals surface area contributed by atoms with Crippen molar-refractivity contribution in [2.24, 2.45) is 0 Å². The Morgan fingerprint density at radius 1 is 1.14 bits per heavy atom. The number of sulfonamides is 1. The van der Waals surface area contributed by atoms with Crippen LogP contribution < -0.4 is 5.32 Å². The average molecular weight is 410 g/mol. The van der Waals surface area contributed by atoms with Gasteiger partial charge in [0.2, 0.25) is 15.9 Å². The number of aryl methyl sites for hydroxylation is 1. The Morgan fingerprint density at radius 2 is 1.83 bits per heavy atom. The van der Waals surface area contributed by atoms with E-state index < -0.39 is 16.1 Å². The highest BCUT2D eigenvalue weighted by Gasteiger charge is 2.38. The SMILES string of the molecule is CCS(=O)(=O)N1Cc2ccccc2C[C@@H]1C(=O)Nc1cc(C)nc2ccccc12. The molecule has 2 heterocycles. The summed E-state index contributed by atoms with van der Waals surface area (Å²) in [5.41, 5.74) is 4.16. The first-order valence-corrected chi connectivity index (χ1v) is 11.2. The number of rotatable bonds is 4. The molecule has 1 aromatic heterocycles. The van der Waals surface area contributed by atoms with E-state index in [0.717, 1.165) is 27.7 Å². The van der Waals surface area contributed by atoms with Gasteiger partial charge in [-0.25, -0.2) is 8.42 Å². The summed E-state index contributed by atoms with van der Waals surface area (Å²) in [6.45, 7) is 3.68. The molecule has 2 aromatic carbocycles. The Morgan fingerprint density at radius 3 is 2.59 bits per heavy atom. The fraction of sp³-hybridized carbons (Fsp3) is 0.273. The average Bonchev–Trinajstić information content (AvgIpc) is 2.72. The van der Waals surface area contributed by atoms with E-state index in [1.807, 2.05) is 61.5 Å². The molecule has 0 fully saturated rings. The van der Waals surface area contributed by atoms with Crippen LogP contribution in [0.15, 0.2) is 54.6 Å². The first-order chi connectivity index (χ1) is 13.9. The lowest BCUT2D eigenvalue weighted by Gasteiger charge is -2.34. The maximum absolute atomic E-state index is 13.3. The van der Waals surface area contributed by atoms with Crippen LogP contribution in [0, 0.1) is 6.92 Å². The van der Waals surface area contributed by atoms with Gasteiger partial charge in [-0.1, -0.05) is 42.5 Å². The first-order valence-electron chi connectivity index (χ1n) is 9.62. The minimum absolute atomic E-state index is 0.0454. The van der Waals surface area contributed by atoms with Crippen LogP contribution in [0.25, 0.3) is 10.9 Å². The molecule has 1 aliphatic heterocycles. The summed E-state index contributed by atoms with van der Waals surface area (Å²) < 4.78 is 26.8. The van der Waals surface area contributed by atoms with Crippen LogP contribution in [0.3, 0.4) is 0 Å². The second-order valence-electron chi connectivity index (χ2n) is 7.25. The molecule has 1 amide bonds.